The molecule has 0 saturated heterocycles. The van der Waals surface area contributed by atoms with Gasteiger partial charge >= 0.3 is 0 Å². The molecule has 288 valence electrons. The maximum Gasteiger partial charge on any atom is 0.267 e. The highest BCUT2D eigenvalue weighted by atomic mass is 32.2. The summed E-state index contributed by atoms with van der Waals surface area (Å²) in [5.41, 5.74) is 0. The summed E-state index contributed by atoms with van der Waals surface area (Å²) in [6.45, 7) is 4.48. The van der Waals surface area contributed by atoms with Crippen molar-refractivity contribution in [1.29, 1.82) is 0 Å². The molecule has 2 unspecified atom stereocenters. The molecular formula is C43H75NO5S. The number of hydrogen-bond donors (Lipinski definition) is 3. The molecule has 0 saturated carbocycles. The molecule has 2 atom stereocenters. The summed E-state index contributed by atoms with van der Waals surface area (Å²) in [6.07, 6.45) is 51.7. The normalized spacial score (nSPS) is 14.1. The predicted molar refractivity (Wildman–Crippen MR) is 216 cm³/mol. The molecule has 0 aliphatic carbocycles. The molecule has 0 aliphatic rings. The molecule has 0 radical (unpaired) electrons. The van der Waals surface area contributed by atoms with Gasteiger partial charge in [-0.2, -0.15) is 8.42 Å². The van der Waals surface area contributed by atoms with E-state index in [4.69, 9.17) is 0 Å². The van der Waals surface area contributed by atoms with Crippen LogP contribution in [0.5, 0.6) is 0 Å². The van der Waals surface area contributed by atoms with Gasteiger partial charge < -0.3 is 10.4 Å². The number of aliphatic hydroxyl groups is 1. The summed E-state index contributed by atoms with van der Waals surface area (Å²) in [5.74, 6) is -1.03. The van der Waals surface area contributed by atoms with Crippen molar-refractivity contribution in [3.8, 4) is 0 Å². The average Bonchev–Trinajstić information content (AvgIpc) is 3.08. The van der Waals surface area contributed by atoms with Crippen LogP contribution in [0.15, 0.2) is 72.9 Å². The molecule has 3 N–H and O–H groups in total. The van der Waals surface area contributed by atoms with Crippen molar-refractivity contribution in [3.63, 3.8) is 0 Å². The number of nitrogens with one attached hydrogen (secondary N) is 1. The third-order valence-electron chi connectivity index (χ3n) is 8.58. The standard InChI is InChI=1S/C43H75NO5S/c1-3-5-7-9-11-13-15-17-19-20-21-22-23-24-25-27-29-31-33-35-37-39-43(46)44-41(40-50(47,48)49)42(45)38-36-34-32-30-28-26-18-16-14-12-10-8-6-4-2/h14-17,20-21,23-24,28,30,36,38,41-42,45H,3-13,18-19,22,25-27,29,31-35,37,39-40H2,1-2H3,(H,44,46)(H,47,48,49)/b16-14+,17-15-,21-20-,24-23-,30-28+,38-36+. The first-order chi connectivity index (χ1) is 24.3. The Bertz CT molecular complexity index is 1060. The van der Waals surface area contributed by atoms with Gasteiger partial charge in [-0.25, -0.2) is 0 Å². The number of carbonyl (C=O) groups excluding carboxylic acids is 1. The minimum absolute atomic E-state index is 0.266. The number of unbranched alkanes of at least 4 members (excludes halogenated alkanes) is 17. The molecular weight excluding hydrogens is 643 g/mol. The predicted octanol–water partition coefficient (Wildman–Crippen LogP) is 11.8. The van der Waals surface area contributed by atoms with Gasteiger partial charge in [-0.05, 0) is 83.5 Å². The monoisotopic (exact) mass is 718 g/mol. The quantitative estimate of drug-likeness (QED) is 0.0344. The van der Waals surface area contributed by atoms with Crippen molar-refractivity contribution < 1.29 is 22.9 Å². The first kappa shape index (κ1) is 47.8. The van der Waals surface area contributed by atoms with E-state index in [2.05, 4.69) is 79.9 Å². The number of aliphatic hydroxyl groups excluding tert-OH is 1. The van der Waals surface area contributed by atoms with E-state index in [1.807, 2.05) is 0 Å². The molecule has 0 fully saturated rings. The van der Waals surface area contributed by atoms with Crippen LogP contribution in [0.2, 0.25) is 0 Å². The van der Waals surface area contributed by atoms with Crippen LogP contribution in [0.1, 0.15) is 174 Å². The summed E-state index contributed by atoms with van der Waals surface area (Å²) >= 11 is 0. The topological polar surface area (TPSA) is 104 Å². The second-order valence-electron chi connectivity index (χ2n) is 13.5. The zero-order valence-electron chi connectivity index (χ0n) is 32.0. The molecule has 0 bridgehead atoms. The fourth-order valence-corrected chi connectivity index (χ4v) is 6.28. The van der Waals surface area contributed by atoms with Gasteiger partial charge in [0.25, 0.3) is 10.1 Å². The molecule has 0 aliphatic heterocycles. The number of hydrogen-bond acceptors (Lipinski definition) is 4. The molecule has 0 aromatic heterocycles. The van der Waals surface area contributed by atoms with E-state index in [1.165, 1.54) is 70.3 Å². The maximum absolute atomic E-state index is 12.5. The van der Waals surface area contributed by atoms with Gasteiger partial charge in [0.05, 0.1) is 17.9 Å². The number of allylic oxidation sites excluding steroid dienone is 11. The fourth-order valence-electron chi connectivity index (χ4n) is 5.54. The van der Waals surface area contributed by atoms with Crippen molar-refractivity contribution in [3.05, 3.63) is 72.9 Å². The van der Waals surface area contributed by atoms with E-state index in [9.17, 15) is 22.9 Å². The van der Waals surface area contributed by atoms with Crippen LogP contribution in [-0.2, 0) is 14.9 Å². The highest BCUT2D eigenvalue weighted by Crippen LogP contribution is 2.11. The second kappa shape index (κ2) is 36.6. The Morgan fingerprint density at radius 3 is 1.42 bits per heavy atom. The van der Waals surface area contributed by atoms with E-state index in [-0.39, 0.29) is 12.3 Å². The molecule has 0 heterocycles. The molecule has 0 spiro atoms. The van der Waals surface area contributed by atoms with E-state index >= 15 is 0 Å². The van der Waals surface area contributed by atoms with Gasteiger partial charge in [0.2, 0.25) is 5.91 Å². The van der Waals surface area contributed by atoms with Crippen LogP contribution in [-0.4, -0.2) is 41.9 Å². The highest BCUT2D eigenvalue weighted by molar-refractivity contribution is 7.85. The first-order valence-electron chi connectivity index (χ1n) is 20.1. The van der Waals surface area contributed by atoms with Crippen molar-refractivity contribution in [2.45, 2.75) is 187 Å². The molecule has 6 nitrogen and oxygen atoms in total. The molecule has 0 aromatic rings. The van der Waals surface area contributed by atoms with Gasteiger partial charge in [0.1, 0.15) is 0 Å². The highest BCUT2D eigenvalue weighted by Gasteiger charge is 2.24. The SMILES string of the molecule is CCCCCC/C=C/CC/C=C/CC/C=C/C(O)C(CS(=O)(=O)O)NC(=O)CCCCCCCC/C=C\C/C=C\C/C=C\CCCCCCC. The Balaban J connectivity index is 4.03. The summed E-state index contributed by atoms with van der Waals surface area (Å²) in [7, 11) is -4.36. The van der Waals surface area contributed by atoms with Crippen molar-refractivity contribution in [1.82, 2.24) is 5.32 Å². The van der Waals surface area contributed by atoms with Crippen LogP contribution in [0.3, 0.4) is 0 Å². The summed E-state index contributed by atoms with van der Waals surface area (Å²) < 4.78 is 32.4. The fraction of sp³-hybridized carbons (Fsp3) is 0.698. The zero-order chi connectivity index (χ0) is 36.8. The molecule has 0 rings (SSSR count). The van der Waals surface area contributed by atoms with Crippen molar-refractivity contribution >= 4 is 16.0 Å². The number of amides is 1. The van der Waals surface area contributed by atoms with Gasteiger partial charge in [-0.1, -0.05) is 157 Å². The Morgan fingerprint density at radius 1 is 0.540 bits per heavy atom. The van der Waals surface area contributed by atoms with Crippen molar-refractivity contribution in [2.24, 2.45) is 0 Å². The summed E-state index contributed by atoms with van der Waals surface area (Å²) in [4.78, 5) is 12.5. The lowest BCUT2D eigenvalue weighted by atomic mass is 10.1. The lowest BCUT2D eigenvalue weighted by Crippen LogP contribution is -2.46. The van der Waals surface area contributed by atoms with Crippen LogP contribution < -0.4 is 5.32 Å². The average molecular weight is 718 g/mol. The third-order valence-corrected chi connectivity index (χ3v) is 9.36. The smallest absolute Gasteiger partial charge is 0.267 e. The maximum atomic E-state index is 12.5. The van der Waals surface area contributed by atoms with E-state index in [1.54, 1.807) is 6.08 Å². The molecule has 1 amide bonds. The van der Waals surface area contributed by atoms with Crippen LogP contribution >= 0.6 is 0 Å². The van der Waals surface area contributed by atoms with Gasteiger partial charge in [-0.3, -0.25) is 9.35 Å². The Kier molecular flexibility index (Phi) is 34.9. The number of rotatable bonds is 35. The van der Waals surface area contributed by atoms with Crippen LogP contribution in [0.4, 0.5) is 0 Å². The molecule has 0 aromatic carbocycles. The van der Waals surface area contributed by atoms with Crippen LogP contribution in [0.25, 0.3) is 0 Å². The number of carbonyl (C=O) groups is 1. The van der Waals surface area contributed by atoms with E-state index in [0.29, 0.717) is 12.8 Å². The summed E-state index contributed by atoms with van der Waals surface area (Å²) in [6, 6.07) is -1.09. The van der Waals surface area contributed by atoms with Gasteiger partial charge in [0.15, 0.2) is 0 Å². The van der Waals surface area contributed by atoms with E-state index in [0.717, 1.165) is 77.0 Å². The molecule has 7 heteroatoms. The Hall–Kier alpha value is -2.22. The third kappa shape index (κ3) is 37.0. The van der Waals surface area contributed by atoms with Crippen molar-refractivity contribution in [2.75, 3.05) is 5.75 Å². The lowest BCUT2D eigenvalue weighted by Gasteiger charge is -2.21. The van der Waals surface area contributed by atoms with Crippen LogP contribution in [0, 0.1) is 0 Å². The van der Waals surface area contributed by atoms with Gasteiger partial charge in [-0.15, -0.1) is 0 Å². The largest absolute Gasteiger partial charge is 0.387 e. The van der Waals surface area contributed by atoms with E-state index < -0.39 is 28.0 Å². The minimum Gasteiger partial charge on any atom is -0.387 e. The zero-order valence-corrected chi connectivity index (χ0v) is 32.8. The second-order valence-corrected chi connectivity index (χ2v) is 15.0. The first-order valence-corrected chi connectivity index (χ1v) is 21.7. The summed E-state index contributed by atoms with van der Waals surface area (Å²) in [5, 5.41) is 13.2. The lowest BCUT2D eigenvalue weighted by molar-refractivity contribution is -0.122. The van der Waals surface area contributed by atoms with Gasteiger partial charge in [0, 0.05) is 6.42 Å². The Morgan fingerprint density at radius 2 is 0.920 bits per heavy atom. The molecule has 50 heavy (non-hydrogen) atoms. The Labute approximate surface area is 308 Å². The minimum atomic E-state index is -4.36.